The molecule has 4 aromatic rings. The molecule has 5 rings (SSSR count). The van der Waals surface area contributed by atoms with Gasteiger partial charge in [-0.3, -0.25) is 4.79 Å². The van der Waals surface area contributed by atoms with Crippen molar-refractivity contribution in [1.82, 2.24) is 15.2 Å². The summed E-state index contributed by atoms with van der Waals surface area (Å²) < 4.78 is 11.1. The number of methoxy groups -OCH3 is 1. The Kier molecular flexibility index (Phi) is 6.63. The largest absolute Gasteiger partial charge is 0.497 e. The Morgan fingerprint density at radius 2 is 1.77 bits per heavy atom. The van der Waals surface area contributed by atoms with E-state index in [1.807, 2.05) is 85.8 Å². The van der Waals surface area contributed by atoms with Crippen LogP contribution in [0.4, 0.5) is 0 Å². The smallest absolute Gasteiger partial charge is 0.277 e. The van der Waals surface area contributed by atoms with Gasteiger partial charge >= 0.3 is 0 Å². The van der Waals surface area contributed by atoms with Crippen LogP contribution in [0, 0.1) is 6.92 Å². The Bertz CT molecular complexity index is 1350. The summed E-state index contributed by atoms with van der Waals surface area (Å²) in [5.41, 5.74) is 4.82. The van der Waals surface area contributed by atoms with Crippen molar-refractivity contribution in [2.75, 3.05) is 12.9 Å². The zero-order valence-corrected chi connectivity index (χ0v) is 20.2. The van der Waals surface area contributed by atoms with Crippen molar-refractivity contribution >= 4 is 23.4 Å². The van der Waals surface area contributed by atoms with E-state index in [9.17, 15) is 4.79 Å². The first-order valence-corrected chi connectivity index (χ1v) is 12.2. The molecule has 0 saturated heterocycles. The van der Waals surface area contributed by atoms with Gasteiger partial charge in [0.05, 0.1) is 24.6 Å². The molecule has 0 saturated carbocycles. The Morgan fingerprint density at radius 3 is 2.51 bits per heavy atom. The molecule has 8 heteroatoms. The number of hydrogen-bond donors (Lipinski definition) is 0. The maximum atomic E-state index is 13.3. The van der Waals surface area contributed by atoms with Gasteiger partial charge in [0.25, 0.3) is 11.1 Å². The summed E-state index contributed by atoms with van der Waals surface area (Å²) in [6, 6.07) is 25.3. The van der Waals surface area contributed by atoms with Gasteiger partial charge in [0.2, 0.25) is 5.89 Å². The van der Waals surface area contributed by atoms with Crippen molar-refractivity contribution in [2.45, 2.75) is 24.6 Å². The first kappa shape index (κ1) is 22.9. The lowest BCUT2D eigenvalue weighted by Crippen LogP contribution is -2.28. The molecule has 1 aromatic heterocycles. The predicted octanol–water partition coefficient (Wildman–Crippen LogP) is 5.52. The van der Waals surface area contributed by atoms with Gasteiger partial charge in [0.1, 0.15) is 5.75 Å². The van der Waals surface area contributed by atoms with Gasteiger partial charge in [-0.2, -0.15) is 5.10 Å². The average molecular weight is 485 g/mol. The highest BCUT2D eigenvalue weighted by Crippen LogP contribution is 2.34. The van der Waals surface area contributed by atoms with Crippen LogP contribution in [0.15, 0.2) is 93.6 Å². The van der Waals surface area contributed by atoms with Crippen LogP contribution in [0.5, 0.6) is 5.75 Å². The molecular weight excluding hydrogens is 460 g/mol. The summed E-state index contributed by atoms with van der Waals surface area (Å²) >= 11 is 1.22. The van der Waals surface area contributed by atoms with Crippen molar-refractivity contribution in [1.29, 1.82) is 0 Å². The van der Waals surface area contributed by atoms with E-state index in [2.05, 4.69) is 10.2 Å². The maximum Gasteiger partial charge on any atom is 0.277 e. The predicted molar refractivity (Wildman–Crippen MR) is 135 cm³/mol. The highest BCUT2D eigenvalue weighted by atomic mass is 32.2. The zero-order chi connectivity index (χ0) is 24.2. The lowest BCUT2D eigenvalue weighted by atomic mass is 9.98. The number of hydrazone groups is 1. The lowest BCUT2D eigenvalue weighted by Gasteiger charge is -2.22. The van der Waals surface area contributed by atoms with Gasteiger partial charge in [-0.1, -0.05) is 72.4 Å². The molecular formula is C27H24N4O3S. The number of hydrogen-bond acceptors (Lipinski definition) is 7. The third kappa shape index (κ3) is 4.97. The molecule has 0 radical (unpaired) electrons. The van der Waals surface area contributed by atoms with Crippen LogP contribution in [0.25, 0.3) is 11.5 Å². The Balaban J connectivity index is 1.34. The average Bonchev–Trinajstić information content (AvgIpc) is 3.56. The van der Waals surface area contributed by atoms with Crippen LogP contribution in [-0.4, -0.2) is 39.7 Å². The number of aryl methyl sites for hydroxylation is 1. The fraction of sp³-hybridized carbons (Fsp3) is 0.185. The summed E-state index contributed by atoms with van der Waals surface area (Å²) in [6.07, 6.45) is 0.630. The summed E-state index contributed by atoms with van der Waals surface area (Å²) in [5, 5.41) is 14.9. The molecule has 3 aromatic carbocycles. The van der Waals surface area contributed by atoms with Crippen LogP contribution in [-0.2, 0) is 4.79 Å². The molecule has 1 atom stereocenters. The molecule has 1 aliphatic heterocycles. The van der Waals surface area contributed by atoms with Crippen LogP contribution in [0.3, 0.4) is 0 Å². The molecule has 1 aliphatic rings. The third-order valence-corrected chi connectivity index (χ3v) is 6.68. The van der Waals surface area contributed by atoms with Gasteiger partial charge in [-0.15, -0.1) is 10.2 Å². The van der Waals surface area contributed by atoms with E-state index in [4.69, 9.17) is 14.3 Å². The van der Waals surface area contributed by atoms with Crippen molar-refractivity contribution in [3.63, 3.8) is 0 Å². The van der Waals surface area contributed by atoms with E-state index in [1.165, 1.54) is 11.8 Å². The maximum absolute atomic E-state index is 13.3. The van der Waals surface area contributed by atoms with Crippen LogP contribution < -0.4 is 4.74 Å². The number of ether oxygens (including phenoxy) is 1. The number of nitrogens with zero attached hydrogens (tertiary/aromatic N) is 4. The van der Waals surface area contributed by atoms with Crippen molar-refractivity contribution in [3.05, 3.63) is 95.6 Å². The number of carbonyl (C=O) groups excluding carboxylic acids is 1. The molecule has 0 bridgehead atoms. The topological polar surface area (TPSA) is 80.8 Å². The number of rotatable bonds is 7. The fourth-order valence-corrected chi connectivity index (χ4v) is 4.63. The summed E-state index contributed by atoms with van der Waals surface area (Å²) in [5.74, 6) is 1.22. The molecule has 176 valence electrons. The van der Waals surface area contributed by atoms with Crippen LogP contribution in [0.1, 0.15) is 29.2 Å². The SMILES string of the molecule is COc1ccc([C@H]2CC(c3ccccc3)=NN2C(=O)CSc2nnc(-c3ccccc3C)o2)cc1. The molecule has 1 amide bonds. The second kappa shape index (κ2) is 10.1. The quantitative estimate of drug-likeness (QED) is 0.321. The monoisotopic (exact) mass is 484 g/mol. The number of amides is 1. The van der Waals surface area contributed by atoms with Crippen molar-refractivity contribution in [2.24, 2.45) is 5.10 Å². The second-order valence-corrected chi connectivity index (χ2v) is 9.05. The van der Waals surface area contributed by atoms with Crippen molar-refractivity contribution in [3.8, 4) is 17.2 Å². The molecule has 7 nitrogen and oxygen atoms in total. The molecule has 0 N–H and O–H groups in total. The number of thioether (sulfide) groups is 1. The Morgan fingerprint density at radius 1 is 1.03 bits per heavy atom. The molecule has 35 heavy (non-hydrogen) atoms. The van der Waals surface area contributed by atoms with Gasteiger partial charge in [-0.25, -0.2) is 5.01 Å². The molecule has 0 spiro atoms. The second-order valence-electron chi connectivity index (χ2n) is 8.12. The van der Waals surface area contributed by atoms with E-state index in [-0.39, 0.29) is 17.7 Å². The van der Waals surface area contributed by atoms with E-state index in [0.717, 1.165) is 33.7 Å². The van der Waals surface area contributed by atoms with E-state index >= 15 is 0 Å². The van der Waals surface area contributed by atoms with Gasteiger partial charge in [0, 0.05) is 12.0 Å². The minimum Gasteiger partial charge on any atom is -0.497 e. The summed E-state index contributed by atoms with van der Waals surface area (Å²) in [6.45, 7) is 1.99. The van der Waals surface area contributed by atoms with Crippen molar-refractivity contribution < 1.29 is 13.9 Å². The third-order valence-electron chi connectivity index (χ3n) is 5.87. The lowest BCUT2D eigenvalue weighted by molar-refractivity contribution is -0.130. The molecule has 0 unspecified atom stereocenters. The number of carbonyl (C=O) groups is 1. The Hall–Kier alpha value is -3.91. The molecule has 0 aliphatic carbocycles. The zero-order valence-electron chi connectivity index (χ0n) is 19.4. The molecule has 2 heterocycles. The highest BCUT2D eigenvalue weighted by Gasteiger charge is 2.33. The summed E-state index contributed by atoms with van der Waals surface area (Å²) in [4.78, 5) is 13.3. The Labute approximate surface area is 207 Å². The van der Waals surface area contributed by atoms with Crippen LogP contribution >= 0.6 is 11.8 Å². The van der Waals surface area contributed by atoms with Gasteiger partial charge in [0.15, 0.2) is 0 Å². The summed E-state index contributed by atoms with van der Waals surface area (Å²) in [7, 11) is 1.64. The highest BCUT2D eigenvalue weighted by molar-refractivity contribution is 7.99. The number of aromatic nitrogens is 2. The van der Waals surface area contributed by atoms with E-state index in [0.29, 0.717) is 17.5 Å². The van der Waals surface area contributed by atoms with E-state index in [1.54, 1.807) is 12.1 Å². The van der Waals surface area contributed by atoms with Gasteiger partial charge < -0.3 is 9.15 Å². The normalized spacial score (nSPS) is 15.2. The number of benzene rings is 3. The standard InChI is InChI=1S/C27H24N4O3S/c1-18-8-6-7-11-22(18)26-28-29-27(34-26)35-17-25(32)31-24(20-12-14-21(33-2)15-13-20)16-23(30-31)19-9-4-3-5-10-19/h3-15,24H,16-17H2,1-2H3/t24-/m1/s1. The molecule has 0 fully saturated rings. The van der Waals surface area contributed by atoms with Gasteiger partial charge in [-0.05, 0) is 41.8 Å². The fourth-order valence-electron chi connectivity index (χ4n) is 4.01. The minimum atomic E-state index is -0.200. The van der Waals surface area contributed by atoms with E-state index < -0.39 is 0 Å². The minimum absolute atomic E-state index is 0.127. The first-order chi connectivity index (χ1) is 17.1. The first-order valence-electron chi connectivity index (χ1n) is 11.2. The van der Waals surface area contributed by atoms with Crippen LogP contribution in [0.2, 0.25) is 0 Å².